The van der Waals surface area contributed by atoms with E-state index in [0.29, 0.717) is 37.3 Å². The first kappa shape index (κ1) is 17.1. The second-order valence-electron chi connectivity index (χ2n) is 6.38. The number of amides is 2. The van der Waals surface area contributed by atoms with Crippen molar-refractivity contribution in [2.24, 2.45) is 5.41 Å². The third kappa shape index (κ3) is 3.91. The first-order chi connectivity index (χ1) is 10.7. The summed E-state index contributed by atoms with van der Waals surface area (Å²) in [7, 11) is 3.58. The average Bonchev–Trinajstić information content (AvgIpc) is 2.47. The fraction of sp³-hybridized carbons (Fsp3) is 0.500. The summed E-state index contributed by atoms with van der Waals surface area (Å²) in [5.41, 5.74) is 0.246. The Bertz CT molecular complexity index is 611. The Labute approximate surface area is 134 Å². The minimum absolute atomic E-state index is 0.340. The van der Waals surface area contributed by atoms with Gasteiger partial charge in [-0.2, -0.15) is 0 Å². The standard InChI is InChI=1S/C16H22FN3O3/c1-16(14(21)22)4-6-20(7-5-16)15(23)18-12-8-11(17)9-13(10-12)19(2)3/h8-10H,4-7H2,1-3H3,(H,18,23)(H,21,22). The first-order valence-electron chi connectivity index (χ1n) is 7.48. The van der Waals surface area contributed by atoms with Crippen LogP contribution in [0.1, 0.15) is 19.8 Å². The second kappa shape index (κ2) is 6.44. The van der Waals surface area contributed by atoms with E-state index in [1.54, 1.807) is 36.9 Å². The van der Waals surface area contributed by atoms with Crippen molar-refractivity contribution in [3.63, 3.8) is 0 Å². The molecule has 7 heteroatoms. The fourth-order valence-electron chi connectivity index (χ4n) is 2.52. The molecular weight excluding hydrogens is 301 g/mol. The Hall–Kier alpha value is -2.31. The van der Waals surface area contributed by atoms with Gasteiger partial charge in [-0.15, -0.1) is 0 Å². The average molecular weight is 323 g/mol. The molecule has 2 rings (SSSR count). The summed E-state index contributed by atoms with van der Waals surface area (Å²) < 4.78 is 13.6. The Morgan fingerprint density at radius 3 is 2.39 bits per heavy atom. The highest BCUT2D eigenvalue weighted by Gasteiger charge is 2.38. The zero-order valence-electron chi connectivity index (χ0n) is 13.6. The number of carboxylic acid groups (broad SMARTS) is 1. The van der Waals surface area contributed by atoms with Crippen molar-refractivity contribution in [2.75, 3.05) is 37.4 Å². The van der Waals surface area contributed by atoms with Gasteiger partial charge in [0.05, 0.1) is 5.41 Å². The van der Waals surface area contributed by atoms with Gasteiger partial charge in [0.1, 0.15) is 5.82 Å². The number of anilines is 2. The van der Waals surface area contributed by atoms with E-state index in [2.05, 4.69) is 5.32 Å². The van der Waals surface area contributed by atoms with Crippen LogP contribution < -0.4 is 10.2 Å². The molecule has 0 saturated carbocycles. The second-order valence-corrected chi connectivity index (χ2v) is 6.38. The number of urea groups is 1. The number of rotatable bonds is 3. The van der Waals surface area contributed by atoms with Crippen molar-refractivity contribution in [2.45, 2.75) is 19.8 Å². The van der Waals surface area contributed by atoms with Crippen LogP contribution in [0, 0.1) is 11.2 Å². The topological polar surface area (TPSA) is 72.9 Å². The predicted octanol–water partition coefficient (Wildman–Crippen LogP) is 2.61. The molecule has 0 atom stereocenters. The molecule has 0 unspecified atom stereocenters. The zero-order valence-corrected chi connectivity index (χ0v) is 13.6. The number of likely N-dealkylation sites (tertiary alicyclic amines) is 1. The molecule has 6 nitrogen and oxygen atoms in total. The van der Waals surface area contributed by atoms with Crippen molar-refractivity contribution in [3.05, 3.63) is 24.0 Å². The van der Waals surface area contributed by atoms with Gasteiger partial charge in [0.15, 0.2) is 0 Å². The Balaban J connectivity index is 2.02. The minimum atomic E-state index is -0.835. The monoisotopic (exact) mass is 323 g/mol. The number of benzene rings is 1. The molecule has 0 aromatic heterocycles. The zero-order chi connectivity index (χ0) is 17.2. The Morgan fingerprint density at radius 2 is 1.87 bits per heavy atom. The molecule has 0 aliphatic carbocycles. The van der Waals surface area contributed by atoms with Gasteiger partial charge in [-0.05, 0) is 38.0 Å². The number of halogens is 1. The van der Waals surface area contributed by atoms with Crippen molar-refractivity contribution >= 4 is 23.4 Å². The van der Waals surface area contributed by atoms with Crippen LogP contribution in [0.3, 0.4) is 0 Å². The number of carbonyl (C=O) groups excluding carboxylic acids is 1. The highest BCUT2D eigenvalue weighted by molar-refractivity contribution is 5.90. The summed E-state index contributed by atoms with van der Waals surface area (Å²) in [5.74, 6) is -1.26. The number of hydrogen-bond donors (Lipinski definition) is 2. The van der Waals surface area contributed by atoms with Crippen molar-refractivity contribution in [3.8, 4) is 0 Å². The van der Waals surface area contributed by atoms with E-state index >= 15 is 0 Å². The Morgan fingerprint density at radius 1 is 1.26 bits per heavy atom. The third-order valence-corrected chi connectivity index (χ3v) is 4.32. The Kier molecular flexibility index (Phi) is 4.77. The molecule has 2 N–H and O–H groups in total. The van der Waals surface area contributed by atoms with Gasteiger partial charge in [-0.25, -0.2) is 9.18 Å². The maximum absolute atomic E-state index is 13.6. The molecule has 1 saturated heterocycles. The molecule has 0 bridgehead atoms. The normalized spacial score (nSPS) is 16.8. The van der Waals surface area contributed by atoms with Gasteiger partial charge >= 0.3 is 12.0 Å². The van der Waals surface area contributed by atoms with E-state index < -0.39 is 17.2 Å². The summed E-state index contributed by atoms with van der Waals surface area (Å²) in [6, 6.07) is 3.99. The number of carboxylic acids is 1. The molecule has 1 aliphatic rings. The lowest BCUT2D eigenvalue weighted by atomic mass is 9.80. The van der Waals surface area contributed by atoms with Crippen LogP contribution in [0.25, 0.3) is 0 Å². The number of piperidine rings is 1. The molecule has 1 aromatic carbocycles. The summed E-state index contributed by atoms with van der Waals surface area (Å²) >= 11 is 0. The SMILES string of the molecule is CN(C)c1cc(F)cc(NC(=O)N2CCC(C)(C(=O)O)CC2)c1. The van der Waals surface area contributed by atoms with Crippen molar-refractivity contribution < 1.29 is 19.1 Å². The number of nitrogens with zero attached hydrogens (tertiary/aromatic N) is 2. The van der Waals surface area contributed by atoms with Gasteiger partial charge in [0.25, 0.3) is 0 Å². The number of carbonyl (C=O) groups is 2. The highest BCUT2D eigenvalue weighted by Crippen LogP contribution is 2.31. The third-order valence-electron chi connectivity index (χ3n) is 4.32. The molecule has 0 spiro atoms. The van der Waals surface area contributed by atoms with Gasteiger partial charge in [0.2, 0.25) is 0 Å². The molecule has 1 aromatic rings. The van der Waals surface area contributed by atoms with E-state index in [9.17, 15) is 19.1 Å². The van der Waals surface area contributed by atoms with Crippen LogP contribution >= 0.6 is 0 Å². The molecule has 126 valence electrons. The largest absolute Gasteiger partial charge is 0.481 e. The number of nitrogens with one attached hydrogen (secondary N) is 1. The molecular formula is C16H22FN3O3. The molecule has 23 heavy (non-hydrogen) atoms. The summed E-state index contributed by atoms with van der Waals surface area (Å²) in [6.07, 6.45) is 0.809. The maximum Gasteiger partial charge on any atom is 0.321 e. The fourth-order valence-corrected chi connectivity index (χ4v) is 2.52. The lowest BCUT2D eigenvalue weighted by Gasteiger charge is -2.36. The number of hydrogen-bond acceptors (Lipinski definition) is 3. The van der Waals surface area contributed by atoms with Crippen LogP contribution in [-0.4, -0.2) is 49.2 Å². The summed E-state index contributed by atoms with van der Waals surface area (Å²) in [6.45, 7) is 2.43. The van der Waals surface area contributed by atoms with Crippen LogP contribution in [0.2, 0.25) is 0 Å². The van der Waals surface area contributed by atoms with Crippen molar-refractivity contribution in [1.82, 2.24) is 4.90 Å². The minimum Gasteiger partial charge on any atom is -0.481 e. The molecule has 1 fully saturated rings. The van der Waals surface area contributed by atoms with Crippen LogP contribution in [0.15, 0.2) is 18.2 Å². The lowest BCUT2D eigenvalue weighted by molar-refractivity contribution is -0.150. The van der Waals surface area contributed by atoms with E-state index in [4.69, 9.17) is 0 Å². The van der Waals surface area contributed by atoms with Crippen LogP contribution in [0.5, 0.6) is 0 Å². The van der Waals surface area contributed by atoms with Crippen molar-refractivity contribution in [1.29, 1.82) is 0 Å². The molecule has 1 aliphatic heterocycles. The first-order valence-corrected chi connectivity index (χ1v) is 7.48. The lowest BCUT2D eigenvalue weighted by Crippen LogP contribution is -2.46. The van der Waals surface area contributed by atoms with E-state index in [0.717, 1.165) is 0 Å². The molecule has 1 heterocycles. The maximum atomic E-state index is 13.6. The van der Waals surface area contributed by atoms with Crippen LogP contribution in [0.4, 0.5) is 20.6 Å². The van der Waals surface area contributed by atoms with Gasteiger partial charge in [-0.1, -0.05) is 0 Å². The van der Waals surface area contributed by atoms with Crippen LogP contribution in [-0.2, 0) is 4.79 Å². The smallest absolute Gasteiger partial charge is 0.321 e. The van der Waals surface area contributed by atoms with E-state index in [1.807, 2.05) is 0 Å². The quantitative estimate of drug-likeness (QED) is 0.897. The van der Waals surface area contributed by atoms with Gasteiger partial charge in [0, 0.05) is 38.6 Å². The molecule has 2 amide bonds. The van der Waals surface area contributed by atoms with Gasteiger partial charge in [-0.3, -0.25) is 4.79 Å². The number of aliphatic carboxylic acids is 1. The van der Waals surface area contributed by atoms with Gasteiger partial charge < -0.3 is 20.2 Å². The summed E-state index contributed by atoms with van der Waals surface area (Å²) in [4.78, 5) is 26.8. The highest BCUT2D eigenvalue weighted by atomic mass is 19.1. The van der Waals surface area contributed by atoms with E-state index in [-0.39, 0.29) is 6.03 Å². The van der Waals surface area contributed by atoms with E-state index in [1.165, 1.54) is 12.1 Å². The summed E-state index contributed by atoms with van der Waals surface area (Å²) in [5, 5.41) is 11.9. The molecule has 0 radical (unpaired) electrons. The predicted molar refractivity (Wildman–Crippen MR) is 86.3 cm³/mol.